The average molecular weight is 503 g/mol. The monoisotopic (exact) mass is 503 g/mol. The van der Waals surface area contributed by atoms with Gasteiger partial charge in [0.15, 0.2) is 17.5 Å². The number of benzene rings is 1. The van der Waals surface area contributed by atoms with Crippen molar-refractivity contribution in [1.82, 2.24) is 10.6 Å². The van der Waals surface area contributed by atoms with Gasteiger partial charge in [0.05, 0.1) is 27.9 Å². The van der Waals surface area contributed by atoms with E-state index in [2.05, 4.69) is 17.6 Å². The lowest BCUT2D eigenvalue weighted by atomic mass is 9.65. The normalized spacial score (nSPS) is 17.8. The minimum absolute atomic E-state index is 0. The smallest absolute Gasteiger partial charge is 0.203 e. The SMILES string of the molecule is CCNC(=NCc1cc(OC)c(OC)c(OC)c1)NCC1(C2CC2)CCC1.I. The minimum Gasteiger partial charge on any atom is -0.493 e. The zero-order chi connectivity index (χ0) is 19.3. The number of halogens is 1. The highest BCUT2D eigenvalue weighted by molar-refractivity contribution is 14.0. The third kappa shape index (κ3) is 5.15. The molecule has 2 fully saturated rings. The van der Waals surface area contributed by atoms with Crippen molar-refractivity contribution >= 4 is 29.9 Å². The quantitative estimate of drug-likeness (QED) is 0.304. The van der Waals surface area contributed by atoms with Gasteiger partial charge in [0.1, 0.15) is 0 Å². The lowest BCUT2D eigenvalue weighted by Crippen LogP contribution is -2.47. The number of rotatable bonds is 9. The van der Waals surface area contributed by atoms with Gasteiger partial charge in [-0.25, -0.2) is 4.99 Å². The second-order valence-electron chi connectivity index (χ2n) is 7.57. The molecule has 0 heterocycles. The highest BCUT2D eigenvalue weighted by Crippen LogP contribution is 2.56. The van der Waals surface area contributed by atoms with Gasteiger partial charge in [-0.2, -0.15) is 0 Å². The van der Waals surface area contributed by atoms with Crippen LogP contribution < -0.4 is 24.8 Å². The summed E-state index contributed by atoms with van der Waals surface area (Å²) < 4.78 is 16.3. The molecule has 6 nitrogen and oxygen atoms in total. The second-order valence-corrected chi connectivity index (χ2v) is 7.57. The van der Waals surface area contributed by atoms with E-state index in [0.717, 1.165) is 30.5 Å². The van der Waals surface area contributed by atoms with E-state index in [1.54, 1.807) is 21.3 Å². The van der Waals surface area contributed by atoms with Crippen molar-refractivity contribution in [2.75, 3.05) is 34.4 Å². The van der Waals surface area contributed by atoms with Crippen LogP contribution in [0.1, 0.15) is 44.6 Å². The van der Waals surface area contributed by atoms with Crippen molar-refractivity contribution in [3.05, 3.63) is 17.7 Å². The number of ether oxygens (including phenoxy) is 3. The highest BCUT2D eigenvalue weighted by Gasteiger charge is 2.48. The number of methoxy groups -OCH3 is 3. The lowest BCUT2D eigenvalue weighted by Gasteiger charge is -2.43. The summed E-state index contributed by atoms with van der Waals surface area (Å²) in [6, 6.07) is 3.90. The first-order valence-electron chi connectivity index (χ1n) is 9.97. The van der Waals surface area contributed by atoms with Crippen LogP contribution in [-0.2, 0) is 6.54 Å². The zero-order valence-electron chi connectivity index (χ0n) is 17.5. The van der Waals surface area contributed by atoms with Crippen LogP contribution in [0.2, 0.25) is 0 Å². The van der Waals surface area contributed by atoms with Gasteiger partial charge in [-0.05, 0) is 61.6 Å². The van der Waals surface area contributed by atoms with Crippen molar-refractivity contribution in [1.29, 1.82) is 0 Å². The first kappa shape index (κ1) is 22.9. The van der Waals surface area contributed by atoms with Gasteiger partial charge in [0.2, 0.25) is 5.75 Å². The molecule has 2 saturated carbocycles. The maximum atomic E-state index is 5.44. The molecule has 28 heavy (non-hydrogen) atoms. The molecule has 0 bridgehead atoms. The van der Waals surface area contributed by atoms with Crippen molar-refractivity contribution < 1.29 is 14.2 Å². The van der Waals surface area contributed by atoms with Gasteiger partial charge in [0.25, 0.3) is 0 Å². The molecule has 0 atom stereocenters. The summed E-state index contributed by atoms with van der Waals surface area (Å²) in [5.41, 5.74) is 1.53. The Labute approximate surface area is 185 Å². The maximum absolute atomic E-state index is 5.44. The van der Waals surface area contributed by atoms with E-state index in [-0.39, 0.29) is 24.0 Å². The third-order valence-corrected chi connectivity index (χ3v) is 5.89. The van der Waals surface area contributed by atoms with Gasteiger partial charge >= 0.3 is 0 Å². The van der Waals surface area contributed by atoms with Crippen LogP contribution in [0, 0.1) is 11.3 Å². The van der Waals surface area contributed by atoms with Gasteiger partial charge < -0.3 is 24.8 Å². The number of guanidine groups is 1. The summed E-state index contributed by atoms with van der Waals surface area (Å²) in [6.07, 6.45) is 6.90. The molecule has 3 rings (SSSR count). The standard InChI is InChI=1S/C21H33N3O3.HI/c1-5-22-20(24-14-21(9-6-10-21)16-7-8-16)23-13-15-11-17(25-2)19(27-4)18(12-15)26-3;/h11-12,16H,5-10,13-14H2,1-4H3,(H2,22,23,24);1H. The Kier molecular flexibility index (Phi) is 8.52. The van der Waals surface area contributed by atoms with Gasteiger partial charge in [0, 0.05) is 13.1 Å². The van der Waals surface area contributed by atoms with Crippen LogP contribution in [0.5, 0.6) is 17.2 Å². The molecule has 0 amide bonds. The largest absolute Gasteiger partial charge is 0.493 e. The summed E-state index contributed by atoms with van der Waals surface area (Å²) >= 11 is 0. The summed E-state index contributed by atoms with van der Waals surface area (Å²) in [5, 5.41) is 6.95. The molecule has 0 unspecified atom stereocenters. The van der Waals surface area contributed by atoms with E-state index >= 15 is 0 Å². The molecular weight excluding hydrogens is 469 g/mol. The molecule has 0 spiro atoms. The Morgan fingerprint density at radius 2 is 1.71 bits per heavy atom. The number of hydrogen-bond acceptors (Lipinski definition) is 4. The molecule has 0 aliphatic heterocycles. The summed E-state index contributed by atoms with van der Waals surface area (Å²) in [7, 11) is 4.87. The number of hydrogen-bond donors (Lipinski definition) is 2. The molecule has 7 heteroatoms. The molecule has 0 aromatic heterocycles. The summed E-state index contributed by atoms with van der Waals surface area (Å²) in [4.78, 5) is 4.77. The minimum atomic E-state index is 0. The molecule has 158 valence electrons. The summed E-state index contributed by atoms with van der Waals surface area (Å²) in [5.74, 6) is 3.72. The number of nitrogens with one attached hydrogen (secondary N) is 2. The molecule has 2 aliphatic rings. The Hall–Kier alpha value is -1.38. The number of nitrogens with zero attached hydrogens (tertiary/aromatic N) is 1. The van der Waals surface area contributed by atoms with Crippen LogP contribution in [0.25, 0.3) is 0 Å². The predicted molar refractivity (Wildman–Crippen MR) is 123 cm³/mol. The fourth-order valence-electron chi connectivity index (χ4n) is 4.05. The molecule has 2 aliphatic carbocycles. The first-order valence-corrected chi connectivity index (χ1v) is 9.97. The van der Waals surface area contributed by atoms with Crippen molar-refractivity contribution in [3.63, 3.8) is 0 Å². The van der Waals surface area contributed by atoms with E-state index in [4.69, 9.17) is 19.2 Å². The molecular formula is C21H34IN3O3. The van der Waals surface area contributed by atoms with Crippen LogP contribution in [0.4, 0.5) is 0 Å². The van der Waals surface area contributed by atoms with E-state index in [1.807, 2.05) is 12.1 Å². The van der Waals surface area contributed by atoms with Crippen molar-refractivity contribution in [2.45, 2.75) is 45.6 Å². The van der Waals surface area contributed by atoms with Crippen molar-refractivity contribution in [2.24, 2.45) is 16.3 Å². The maximum Gasteiger partial charge on any atom is 0.203 e. The second kappa shape index (κ2) is 10.4. The highest BCUT2D eigenvalue weighted by atomic mass is 127. The Bertz CT molecular complexity index is 648. The van der Waals surface area contributed by atoms with Crippen LogP contribution in [0.3, 0.4) is 0 Å². The molecule has 2 N–H and O–H groups in total. The van der Waals surface area contributed by atoms with Crippen LogP contribution >= 0.6 is 24.0 Å². The predicted octanol–water partition coefficient (Wildman–Crippen LogP) is 3.97. The van der Waals surface area contributed by atoms with E-state index in [1.165, 1.54) is 32.1 Å². The summed E-state index contributed by atoms with van der Waals surface area (Å²) in [6.45, 7) is 4.51. The average Bonchev–Trinajstić information content (AvgIpc) is 3.49. The van der Waals surface area contributed by atoms with Crippen LogP contribution in [0.15, 0.2) is 17.1 Å². The Morgan fingerprint density at radius 1 is 1.07 bits per heavy atom. The molecule has 0 saturated heterocycles. The van der Waals surface area contributed by atoms with Gasteiger partial charge in [-0.3, -0.25) is 0 Å². The lowest BCUT2D eigenvalue weighted by molar-refractivity contribution is 0.106. The zero-order valence-corrected chi connectivity index (χ0v) is 19.8. The van der Waals surface area contributed by atoms with Crippen LogP contribution in [-0.4, -0.2) is 40.4 Å². The fourth-order valence-corrected chi connectivity index (χ4v) is 4.05. The molecule has 0 radical (unpaired) electrons. The van der Waals surface area contributed by atoms with Gasteiger partial charge in [-0.1, -0.05) is 6.42 Å². The van der Waals surface area contributed by atoms with E-state index in [0.29, 0.717) is 29.2 Å². The third-order valence-electron chi connectivity index (χ3n) is 5.89. The first-order chi connectivity index (χ1) is 13.2. The van der Waals surface area contributed by atoms with E-state index in [9.17, 15) is 0 Å². The van der Waals surface area contributed by atoms with Gasteiger partial charge in [-0.15, -0.1) is 24.0 Å². The fraction of sp³-hybridized carbons (Fsp3) is 0.667. The van der Waals surface area contributed by atoms with Crippen molar-refractivity contribution in [3.8, 4) is 17.2 Å². The topological polar surface area (TPSA) is 64.1 Å². The molecule has 1 aromatic rings. The number of aliphatic imine (C=N–C) groups is 1. The van der Waals surface area contributed by atoms with E-state index < -0.39 is 0 Å². The Balaban J connectivity index is 0.00000280. The molecule has 1 aromatic carbocycles. The Morgan fingerprint density at radius 3 is 2.14 bits per heavy atom.